The van der Waals surface area contributed by atoms with E-state index in [-0.39, 0.29) is 17.9 Å². The van der Waals surface area contributed by atoms with Gasteiger partial charge in [-0.3, -0.25) is 14.9 Å². The topological polar surface area (TPSA) is 94.2 Å². The summed E-state index contributed by atoms with van der Waals surface area (Å²) in [6.07, 6.45) is 1.39. The fourth-order valence-corrected chi connectivity index (χ4v) is 4.25. The predicted octanol–water partition coefficient (Wildman–Crippen LogP) is 6.15. The van der Waals surface area contributed by atoms with Crippen LogP contribution in [0.5, 0.6) is 17.2 Å². The number of carbonyl (C=O) groups excluding carboxylic acids is 3. The van der Waals surface area contributed by atoms with Gasteiger partial charge in [-0.2, -0.15) is 0 Å². The Balaban J connectivity index is 1.71. The second-order valence-corrected chi connectivity index (χ2v) is 9.40. The number of ether oxygens (including phenoxy) is 3. The van der Waals surface area contributed by atoms with Crippen LogP contribution in [0, 0.1) is 0 Å². The number of halogens is 2. The molecule has 3 aromatic rings. The van der Waals surface area contributed by atoms with Crippen LogP contribution in [0.4, 0.5) is 10.5 Å². The van der Waals surface area contributed by atoms with E-state index in [1.165, 1.54) is 12.1 Å². The van der Waals surface area contributed by atoms with E-state index in [0.29, 0.717) is 45.5 Å². The van der Waals surface area contributed by atoms with Crippen molar-refractivity contribution >= 4 is 57.1 Å². The summed E-state index contributed by atoms with van der Waals surface area (Å²) in [5.74, 6) is -0.453. The molecule has 1 N–H and O–H groups in total. The fourth-order valence-electron chi connectivity index (χ4n) is 3.74. The van der Waals surface area contributed by atoms with Gasteiger partial charge >= 0.3 is 6.03 Å². The summed E-state index contributed by atoms with van der Waals surface area (Å²) in [6, 6.07) is 16.4. The number of imide groups is 2. The van der Waals surface area contributed by atoms with Crippen LogP contribution in [0.3, 0.4) is 0 Å². The molecule has 4 amide bonds. The standard InChI is InChI=1S/C28H24BrClN2O6/c1-3-36-21-10-12-25(37-4-2)23(15-21)32-27(34)22(26(33)31-28(32)35)14-18-13-19(29)7-11-24(18)38-16-17-5-8-20(30)9-6-17/h5-15H,3-4,16H2,1-2H3,(H,31,33,35)/b22-14+. The van der Waals surface area contributed by atoms with E-state index < -0.39 is 17.8 Å². The molecule has 1 saturated heterocycles. The number of amides is 4. The third kappa shape index (κ3) is 6.17. The molecule has 1 heterocycles. The zero-order valence-corrected chi connectivity index (χ0v) is 23.0. The summed E-state index contributed by atoms with van der Waals surface area (Å²) < 4.78 is 17.9. The van der Waals surface area contributed by atoms with Crippen molar-refractivity contribution in [3.8, 4) is 17.2 Å². The third-order valence-electron chi connectivity index (χ3n) is 5.46. The van der Waals surface area contributed by atoms with Gasteiger partial charge < -0.3 is 14.2 Å². The summed E-state index contributed by atoms with van der Waals surface area (Å²) in [5.41, 5.74) is 1.27. The van der Waals surface area contributed by atoms with Gasteiger partial charge in [-0.05, 0) is 68.0 Å². The number of benzene rings is 3. The molecular weight excluding hydrogens is 576 g/mol. The molecule has 0 aliphatic carbocycles. The number of urea groups is 1. The molecule has 0 atom stereocenters. The maximum atomic E-state index is 13.6. The molecule has 196 valence electrons. The quantitative estimate of drug-likeness (QED) is 0.234. The van der Waals surface area contributed by atoms with E-state index in [9.17, 15) is 14.4 Å². The first-order valence-corrected chi connectivity index (χ1v) is 13.0. The normalized spacial score (nSPS) is 14.5. The van der Waals surface area contributed by atoms with Crippen LogP contribution in [0.25, 0.3) is 6.08 Å². The van der Waals surface area contributed by atoms with Crippen LogP contribution in [-0.2, 0) is 16.2 Å². The summed E-state index contributed by atoms with van der Waals surface area (Å²) in [7, 11) is 0. The molecule has 0 saturated carbocycles. The van der Waals surface area contributed by atoms with E-state index in [1.807, 2.05) is 19.1 Å². The number of hydrogen-bond acceptors (Lipinski definition) is 6. The van der Waals surface area contributed by atoms with Crippen molar-refractivity contribution in [1.82, 2.24) is 5.32 Å². The molecule has 3 aromatic carbocycles. The highest BCUT2D eigenvalue weighted by Crippen LogP contribution is 2.35. The number of carbonyl (C=O) groups is 3. The Kier molecular flexibility index (Phi) is 8.70. The lowest BCUT2D eigenvalue weighted by Crippen LogP contribution is -2.54. The van der Waals surface area contributed by atoms with E-state index in [4.69, 9.17) is 25.8 Å². The zero-order valence-electron chi connectivity index (χ0n) is 20.6. The lowest BCUT2D eigenvalue weighted by molar-refractivity contribution is -0.122. The van der Waals surface area contributed by atoms with Crippen molar-refractivity contribution < 1.29 is 28.6 Å². The highest BCUT2D eigenvalue weighted by atomic mass is 79.9. The Hall–Kier alpha value is -3.82. The molecule has 1 aliphatic heterocycles. The van der Waals surface area contributed by atoms with Crippen LogP contribution < -0.4 is 24.4 Å². The minimum atomic E-state index is -0.889. The summed E-state index contributed by atoms with van der Waals surface area (Å²) in [5, 5.41) is 2.86. The summed E-state index contributed by atoms with van der Waals surface area (Å²) in [6.45, 7) is 4.53. The van der Waals surface area contributed by atoms with Gasteiger partial charge in [-0.1, -0.05) is 39.7 Å². The predicted molar refractivity (Wildman–Crippen MR) is 148 cm³/mol. The monoisotopic (exact) mass is 598 g/mol. The minimum absolute atomic E-state index is 0.159. The largest absolute Gasteiger partial charge is 0.494 e. The van der Waals surface area contributed by atoms with Crippen LogP contribution in [0.15, 0.2) is 70.7 Å². The second kappa shape index (κ2) is 12.1. The van der Waals surface area contributed by atoms with Crippen molar-refractivity contribution in [2.45, 2.75) is 20.5 Å². The van der Waals surface area contributed by atoms with Crippen molar-refractivity contribution in [3.63, 3.8) is 0 Å². The number of hydrogen-bond donors (Lipinski definition) is 1. The molecule has 1 aliphatic rings. The van der Waals surface area contributed by atoms with E-state index in [2.05, 4.69) is 21.2 Å². The van der Waals surface area contributed by atoms with Gasteiger partial charge in [0.2, 0.25) is 0 Å². The summed E-state index contributed by atoms with van der Waals surface area (Å²) in [4.78, 5) is 40.1. The number of nitrogens with zero attached hydrogens (tertiary/aromatic N) is 1. The van der Waals surface area contributed by atoms with Crippen LogP contribution in [0.2, 0.25) is 5.02 Å². The van der Waals surface area contributed by atoms with Crippen LogP contribution >= 0.6 is 27.5 Å². The van der Waals surface area contributed by atoms with Gasteiger partial charge in [0, 0.05) is 21.1 Å². The first-order valence-electron chi connectivity index (χ1n) is 11.8. The SMILES string of the molecule is CCOc1ccc(OCC)c(N2C(=O)NC(=O)/C(=C\c3cc(Br)ccc3OCc3ccc(Cl)cc3)C2=O)c1. The maximum Gasteiger partial charge on any atom is 0.336 e. The number of anilines is 1. The van der Waals surface area contributed by atoms with Gasteiger partial charge in [0.1, 0.15) is 29.4 Å². The van der Waals surface area contributed by atoms with Gasteiger partial charge in [0.15, 0.2) is 0 Å². The van der Waals surface area contributed by atoms with Crippen molar-refractivity contribution in [1.29, 1.82) is 0 Å². The first-order chi connectivity index (χ1) is 18.3. The molecule has 0 unspecified atom stereocenters. The zero-order chi connectivity index (χ0) is 27.2. The Morgan fingerprint density at radius 1 is 0.895 bits per heavy atom. The third-order valence-corrected chi connectivity index (χ3v) is 6.21. The van der Waals surface area contributed by atoms with Crippen molar-refractivity contribution in [2.75, 3.05) is 18.1 Å². The smallest absolute Gasteiger partial charge is 0.336 e. The van der Waals surface area contributed by atoms with E-state index >= 15 is 0 Å². The van der Waals surface area contributed by atoms with Crippen molar-refractivity contribution in [2.24, 2.45) is 0 Å². The van der Waals surface area contributed by atoms with Crippen LogP contribution in [-0.4, -0.2) is 31.1 Å². The maximum absolute atomic E-state index is 13.6. The summed E-state index contributed by atoms with van der Waals surface area (Å²) >= 11 is 9.38. The lowest BCUT2D eigenvalue weighted by atomic mass is 10.1. The highest BCUT2D eigenvalue weighted by molar-refractivity contribution is 9.10. The van der Waals surface area contributed by atoms with Crippen molar-refractivity contribution in [3.05, 3.63) is 86.9 Å². The van der Waals surface area contributed by atoms with Gasteiger partial charge in [0.25, 0.3) is 11.8 Å². The van der Waals surface area contributed by atoms with Gasteiger partial charge in [0.05, 0.1) is 18.9 Å². The van der Waals surface area contributed by atoms with Crippen LogP contribution in [0.1, 0.15) is 25.0 Å². The molecule has 38 heavy (non-hydrogen) atoms. The average molecular weight is 600 g/mol. The first kappa shape index (κ1) is 27.2. The molecule has 0 aromatic heterocycles. The second-order valence-electron chi connectivity index (χ2n) is 8.05. The molecule has 0 radical (unpaired) electrons. The lowest BCUT2D eigenvalue weighted by Gasteiger charge is -2.28. The molecular formula is C28H24BrClN2O6. The van der Waals surface area contributed by atoms with Gasteiger partial charge in [-0.25, -0.2) is 9.69 Å². The minimum Gasteiger partial charge on any atom is -0.494 e. The van der Waals surface area contributed by atoms with E-state index in [1.54, 1.807) is 49.4 Å². The average Bonchev–Trinajstić information content (AvgIpc) is 2.88. The molecule has 1 fully saturated rings. The van der Waals surface area contributed by atoms with Gasteiger partial charge in [-0.15, -0.1) is 0 Å². The number of barbiturate groups is 1. The molecule has 0 bridgehead atoms. The molecule has 10 heteroatoms. The number of nitrogens with one attached hydrogen (secondary N) is 1. The molecule has 4 rings (SSSR count). The Morgan fingerprint density at radius 3 is 2.32 bits per heavy atom. The Labute approximate surface area is 233 Å². The Bertz CT molecular complexity index is 1410. The fraction of sp³-hybridized carbons (Fsp3) is 0.179. The number of rotatable bonds is 9. The molecule has 0 spiro atoms. The molecule has 8 nitrogen and oxygen atoms in total. The Morgan fingerprint density at radius 2 is 1.61 bits per heavy atom. The van der Waals surface area contributed by atoms with E-state index in [0.717, 1.165) is 10.5 Å². The highest BCUT2D eigenvalue weighted by Gasteiger charge is 2.38.